The van der Waals surface area contributed by atoms with Crippen LogP contribution in [0.3, 0.4) is 0 Å². The second-order valence-corrected chi connectivity index (χ2v) is 7.91. The summed E-state index contributed by atoms with van der Waals surface area (Å²) in [7, 11) is -3.71. The molecule has 1 aromatic carbocycles. The second-order valence-electron chi connectivity index (χ2n) is 5.14. The third-order valence-electron chi connectivity index (χ3n) is 3.80. The van der Waals surface area contributed by atoms with Crippen molar-refractivity contribution in [1.29, 1.82) is 0 Å². The lowest BCUT2D eigenvalue weighted by atomic mass is 10.2. The fraction of sp³-hybridized carbons (Fsp3) is 0.538. The van der Waals surface area contributed by atoms with Gasteiger partial charge in [0.2, 0.25) is 10.0 Å². The molecule has 0 amide bonds. The van der Waals surface area contributed by atoms with Gasteiger partial charge in [0.05, 0.1) is 10.2 Å². The van der Waals surface area contributed by atoms with Gasteiger partial charge in [0.25, 0.3) is 0 Å². The fourth-order valence-electron chi connectivity index (χ4n) is 2.56. The van der Waals surface area contributed by atoms with E-state index in [1.807, 2.05) is 6.92 Å². The van der Waals surface area contributed by atoms with Crippen LogP contribution in [0.4, 0.5) is 10.1 Å². The van der Waals surface area contributed by atoms with Crippen molar-refractivity contribution in [2.24, 2.45) is 0 Å². The summed E-state index contributed by atoms with van der Waals surface area (Å²) in [6, 6.07) is 2.41. The van der Waals surface area contributed by atoms with E-state index in [1.165, 1.54) is 10.4 Å². The number of nitrogens with zero attached hydrogens (tertiary/aromatic N) is 2. The van der Waals surface area contributed by atoms with Gasteiger partial charge in [0, 0.05) is 25.7 Å². The largest absolute Gasteiger partial charge is 0.398 e. The van der Waals surface area contributed by atoms with Gasteiger partial charge < -0.3 is 5.73 Å². The first-order valence-corrected chi connectivity index (χ1v) is 8.99. The van der Waals surface area contributed by atoms with E-state index in [0.717, 1.165) is 12.6 Å². The molecule has 0 bridgehead atoms. The van der Waals surface area contributed by atoms with Crippen LogP contribution in [0.1, 0.15) is 13.8 Å². The summed E-state index contributed by atoms with van der Waals surface area (Å²) >= 11 is 3.01. The lowest BCUT2D eigenvalue weighted by Crippen LogP contribution is -2.53. The molecule has 1 fully saturated rings. The van der Waals surface area contributed by atoms with E-state index in [4.69, 9.17) is 5.73 Å². The molecule has 1 aliphatic rings. The zero-order valence-electron chi connectivity index (χ0n) is 12.0. The van der Waals surface area contributed by atoms with Crippen molar-refractivity contribution < 1.29 is 12.8 Å². The number of sulfonamides is 1. The van der Waals surface area contributed by atoms with Crippen LogP contribution in [-0.4, -0.2) is 49.8 Å². The Morgan fingerprint density at radius 3 is 2.67 bits per heavy atom. The van der Waals surface area contributed by atoms with Crippen LogP contribution in [0.5, 0.6) is 0 Å². The Balaban J connectivity index is 2.33. The molecule has 118 valence electrons. The van der Waals surface area contributed by atoms with Crippen LogP contribution in [0.25, 0.3) is 0 Å². The van der Waals surface area contributed by atoms with Gasteiger partial charge in [-0.25, -0.2) is 12.8 Å². The molecule has 1 atom stereocenters. The average Bonchev–Trinajstić information content (AvgIpc) is 2.42. The molecule has 1 heterocycles. The maximum absolute atomic E-state index is 13.4. The molecule has 1 aliphatic heterocycles. The molecule has 0 spiro atoms. The van der Waals surface area contributed by atoms with Gasteiger partial charge in [-0.3, -0.25) is 4.90 Å². The molecule has 0 radical (unpaired) electrons. The van der Waals surface area contributed by atoms with E-state index in [0.29, 0.717) is 19.6 Å². The molecule has 1 saturated heterocycles. The molecule has 8 heteroatoms. The predicted molar refractivity (Wildman–Crippen MR) is 84.0 cm³/mol. The molecule has 1 aromatic rings. The molecule has 5 nitrogen and oxygen atoms in total. The Morgan fingerprint density at radius 1 is 1.43 bits per heavy atom. The molecule has 0 aliphatic carbocycles. The summed E-state index contributed by atoms with van der Waals surface area (Å²) in [5, 5.41) is 0. The lowest BCUT2D eigenvalue weighted by Gasteiger charge is -2.38. The molecule has 1 unspecified atom stereocenters. The quantitative estimate of drug-likeness (QED) is 0.814. The van der Waals surface area contributed by atoms with Crippen molar-refractivity contribution in [2.45, 2.75) is 24.8 Å². The lowest BCUT2D eigenvalue weighted by molar-refractivity contribution is 0.135. The van der Waals surface area contributed by atoms with Crippen LogP contribution < -0.4 is 5.73 Å². The number of piperazine rings is 1. The summed E-state index contributed by atoms with van der Waals surface area (Å²) in [4.78, 5) is 2.17. The van der Waals surface area contributed by atoms with Gasteiger partial charge >= 0.3 is 0 Å². The Labute approximate surface area is 133 Å². The standard InChI is InChI=1S/C13H19BrFN3O2S/c1-3-17-4-5-18(8-9(17)2)21(19,20)13-6-10(14)11(15)7-12(13)16/h6-7,9H,3-5,8,16H2,1-2H3. The van der Waals surface area contributed by atoms with Crippen LogP contribution in [0, 0.1) is 5.82 Å². The van der Waals surface area contributed by atoms with Gasteiger partial charge in [-0.15, -0.1) is 0 Å². The van der Waals surface area contributed by atoms with E-state index in [2.05, 4.69) is 27.8 Å². The topological polar surface area (TPSA) is 66.6 Å². The maximum Gasteiger partial charge on any atom is 0.245 e. The monoisotopic (exact) mass is 379 g/mol. The maximum atomic E-state index is 13.4. The predicted octanol–water partition coefficient (Wildman–Crippen LogP) is 1.89. The van der Waals surface area contributed by atoms with Crippen LogP contribution in [0.2, 0.25) is 0 Å². The first kappa shape index (κ1) is 16.7. The molecule has 21 heavy (non-hydrogen) atoms. The van der Waals surface area contributed by atoms with Crippen molar-refractivity contribution >= 4 is 31.6 Å². The van der Waals surface area contributed by atoms with Crippen LogP contribution in [-0.2, 0) is 10.0 Å². The molecule has 0 saturated carbocycles. The highest BCUT2D eigenvalue weighted by molar-refractivity contribution is 9.10. The Kier molecular flexibility index (Phi) is 4.92. The van der Waals surface area contributed by atoms with Gasteiger partial charge in [-0.05, 0) is 41.5 Å². The number of rotatable bonds is 3. The summed E-state index contributed by atoms with van der Waals surface area (Å²) in [5.41, 5.74) is 5.63. The number of nitrogens with two attached hydrogens (primary N) is 1. The molecule has 2 N–H and O–H groups in total. The summed E-state index contributed by atoms with van der Waals surface area (Å²) in [5.74, 6) is -0.573. The van der Waals surface area contributed by atoms with Crippen LogP contribution in [0.15, 0.2) is 21.5 Å². The highest BCUT2D eigenvalue weighted by Crippen LogP contribution is 2.29. The Morgan fingerprint density at radius 2 is 2.10 bits per heavy atom. The Bertz CT molecular complexity index is 639. The van der Waals surface area contributed by atoms with Crippen molar-refractivity contribution in [3.63, 3.8) is 0 Å². The number of nitrogen functional groups attached to an aromatic ring is 1. The van der Waals surface area contributed by atoms with E-state index in [1.54, 1.807) is 0 Å². The summed E-state index contributed by atoms with van der Waals surface area (Å²) in [6.45, 7) is 6.43. The molecular formula is C13H19BrFN3O2S. The van der Waals surface area contributed by atoms with E-state index < -0.39 is 15.8 Å². The first-order chi connectivity index (χ1) is 9.77. The van der Waals surface area contributed by atoms with E-state index in [9.17, 15) is 12.8 Å². The van der Waals surface area contributed by atoms with E-state index in [-0.39, 0.29) is 21.1 Å². The highest BCUT2D eigenvalue weighted by atomic mass is 79.9. The molecule has 2 rings (SSSR count). The minimum absolute atomic E-state index is 0.0482. The van der Waals surface area contributed by atoms with Crippen molar-refractivity contribution in [2.75, 3.05) is 31.9 Å². The minimum atomic E-state index is -3.71. The molecule has 0 aromatic heterocycles. The fourth-order valence-corrected chi connectivity index (χ4v) is 4.69. The van der Waals surface area contributed by atoms with Gasteiger partial charge in [-0.1, -0.05) is 6.92 Å². The number of hydrogen-bond donors (Lipinski definition) is 1. The van der Waals surface area contributed by atoms with Gasteiger partial charge in [-0.2, -0.15) is 4.31 Å². The minimum Gasteiger partial charge on any atom is -0.398 e. The van der Waals surface area contributed by atoms with Crippen molar-refractivity contribution in [3.8, 4) is 0 Å². The van der Waals surface area contributed by atoms with Crippen molar-refractivity contribution in [3.05, 3.63) is 22.4 Å². The number of anilines is 1. The Hall–Kier alpha value is -0.700. The molecular weight excluding hydrogens is 361 g/mol. The average molecular weight is 380 g/mol. The van der Waals surface area contributed by atoms with Crippen molar-refractivity contribution in [1.82, 2.24) is 9.21 Å². The zero-order chi connectivity index (χ0) is 15.8. The zero-order valence-corrected chi connectivity index (χ0v) is 14.4. The summed E-state index contributed by atoms with van der Waals surface area (Å²) in [6.07, 6.45) is 0. The third-order valence-corrected chi connectivity index (χ3v) is 6.33. The van der Waals surface area contributed by atoms with Gasteiger partial charge in [0.15, 0.2) is 0 Å². The normalized spacial score (nSPS) is 21.6. The van der Waals surface area contributed by atoms with Crippen LogP contribution >= 0.6 is 15.9 Å². The third kappa shape index (κ3) is 3.23. The number of hydrogen-bond acceptors (Lipinski definition) is 4. The number of halogens is 2. The summed E-state index contributed by atoms with van der Waals surface area (Å²) < 4.78 is 40.3. The first-order valence-electron chi connectivity index (χ1n) is 6.76. The van der Waals surface area contributed by atoms with E-state index >= 15 is 0 Å². The number of benzene rings is 1. The number of likely N-dealkylation sites (N-methyl/N-ethyl adjacent to an activating group) is 1. The smallest absolute Gasteiger partial charge is 0.245 e. The SMILES string of the molecule is CCN1CCN(S(=O)(=O)c2cc(Br)c(F)cc2N)CC1C. The second kappa shape index (κ2) is 6.20. The highest BCUT2D eigenvalue weighted by Gasteiger charge is 2.33. The van der Waals surface area contributed by atoms with Gasteiger partial charge in [0.1, 0.15) is 10.7 Å².